The number of nitrogens with two attached hydrogens (primary N) is 1. The van der Waals surface area contributed by atoms with E-state index in [4.69, 9.17) is 5.73 Å². The highest BCUT2D eigenvalue weighted by Crippen LogP contribution is 2.27. The van der Waals surface area contributed by atoms with Gasteiger partial charge < -0.3 is 10.3 Å². The molecule has 1 aliphatic heterocycles. The summed E-state index contributed by atoms with van der Waals surface area (Å²) in [5, 5.41) is 0. The van der Waals surface area contributed by atoms with Gasteiger partial charge in [0.15, 0.2) is 0 Å². The zero-order valence-corrected chi connectivity index (χ0v) is 12.0. The highest BCUT2D eigenvalue weighted by atomic mass is 15.2. The van der Waals surface area contributed by atoms with Crippen LogP contribution in [-0.2, 0) is 7.05 Å². The van der Waals surface area contributed by atoms with E-state index in [1.165, 1.54) is 18.5 Å². The third kappa shape index (κ3) is 2.37. The van der Waals surface area contributed by atoms with Crippen LogP contribution in [0.1, 0.15) is 24.6 Å². The van der Waals surface area contributed by atoms with Crippen LogP contribution in [0.3, 0.4) is 0 Å². The summed E-state index contributed by atoms with van der Waals surface area (Å²) in [7, 11) is 2.09. The molecule has 1 fully saturated rings. The van der Waals surface area contributed by atoms with E-state index < -0.39 is 0 Å². The smallest absolute Gasteiger partial charge is 0.139 e. The number of likely N-dealkylation sites (tertiary alicyclic amines) is 1. The van der Waals surface area contributed by atoms with E-state index >= 15 is 0 Å². The molecular formula is C16H22N4. The molecule has 0 radical (unpaired) electrons. The molecule has 3 rings (SSSR count). The predicted molar refractivity (Wildman–Crippen MR) is 81.2 cm³/mol. The van der Waals surface area contributed by atoms with Crippen LogP contribution in [-0.4, -0.2) is 34.1 Å². The summed E-state index contributed by atoms with van der Waals surface area (Å²) in [4.78, 5) is 7.08. The average molecular weight is 270 g/mol. The minimum atomic E-state index is 0.285. The first-order chi connectivity index (χ1) is 9.81. The van der Waals surface area contributed by atoms with Crippen LogP contribution in [0, 0.1) is 0 Å². The molecule has 2 aromatic rings. The monoisotopic (exact) mass is 270 g/mol. The van der Waals surface area contributed by atoms with Crippen molar-refractivity contribution in [2.75, 3.05) is 19.6 Å². The number of benzene rings is 1. The Morgan fingerprint density at radius 2 is 1.90 bits per heavy atom. The Balaban J connectivity index is 1.93. The fourth-order valence-corrected chi connectivity index (χ4v) is 3.10. The Labute approximate surface area is 120 Å². The molecular weight excluding hydrogens is 248 g/mol. The third-order valence-electron chi connectivity index (χ3n) is 4.20. The minimum Gasteiger partial charge on any atom is -0.330 e. The Morgan fingerprint density at radius 3 is 2.55 bits per heavy atom. The SMILES string of the molecule is Cn1c(C(CN)N2CCCC2)cnc1-c1ccccc1. The first kappa shape index (κ1) is 13.3. The third-order valence-corrected chi connectivity index (χ3v) is 4.20. The lowest BCUT2D eigenvalue weighted by atomic mass is 10.2. The maximum atomic E-state index is 6.02. The van der Waals surface area contributed by atoms with Gasteiger partial charge in [-0.2, -0.15) is 0 Å². The summed E-state index contributed by atoms with van der Waals surface area (Å²) in [5.41, 5.74) is 8.39. The molecule has 20 heavy (non-hydrogen) atoms. The molecule has 0 spiro atoms. The maximum Gasteiger partial charge on any atom is 0.139 e. The van der Waals surface area contributed by atoms with Gasteiger partial charge in [-0.15, -0.1) is 0 Å². The number of rotatable bonds is 4. The summed E-state index contributed by atoms with van der Waals surface area (Å²) in [6.07, 6.45) is 4.54. The number of nitrogens with zero attached hydrogens (tertiary/aromatic N) is 3. The number of hydrogen-bond donors (Lipinski definition) is 1. The molecule has 0 saturated carbocycles. The van der Waals surface area contributed by atoms with E-state index in [9.17, 15) is 0 Å². The summed E-state index contributed by atoms with van der Waals surface area (Å²) in [6.45, 7) is 2.94. The van der Waals surface area contributed by atoms with Gasteiger partial charge in [-0.25, -0.2) is 4.98 Å². The van der Waals surface area contributed by atoms with E-state index in [1.807, 2.05) is 24.4 Å². The molecule has 1 aliphatic rings. The Bertz CT molecular complexity index is 555. The number of hydrogen-bond acceptors (Lipinski definition) is 3. The first-order valence-electron chi connectivity index (χ1n) is 7.32. The van der Waals surface area contributed by atoms with Crippen molar-refractivity contribution < 1.29 is 0 Å². The van der Waals surface area contributed by atoms with Crippen LogP contribution >= 0.6 is 0 Å². The van der Waals surface area contributed by atoms with Crippen LogP contribution in [0.4, 0.5) is 0 Å². The van der Waals surface area contributed by atoms with Crippen LogP contribution < -0.4 is 5.73 Å². The number of imidazole rings is 1. The largest absolute Gasteiger partial charge is 0.330 e. The molecule has 4 heteroatoms. The lowest BCUT2D eigenvalue weighted by Crippen LogP contribution is -2.32. The molecule has 4 nitrogen and oxygen atoms in total. The molecule has 1 aromatic carbocycles. The molecule has 1 unspecified atom stereocenters. The van der Waals surface area contributed by atoms with Gasteiger partial charge in [-0.05, 0) is 25.9 Å². The minimum absolute atomic E-state index is 0.285. The molecule has 2 heterocycles. The van der Waals surface area contributed by atoms with Crippen molar-refractivity contribution in [3.05, 3.63) is 42.2 Å². The van der Waals surface area contributed by atoms with Crippen LogP contribution in [0.2, 0.25) is 0 Å². The van der Waals surface area contributed by atoms with Gasteiger partial charge in [0, 0.05) is 19.2 Å². The van der Waals surface area contributed by atoms with Crippen molar-refractivity contribution in [2.45, 2.75) is 18.9 Å². The molecule has 1 aromatic heterocycles. The second kappa shape index (κ2) is 5.77. The van der Waals surface area contributed by atoms with Gasteiger partial charge in [-0.1, -0.05) is 30.3 Å². The standard InChI is InChI=1S/C16H22N4/c1-19-15(14(11-17)20-9-5-6-10-20)12-18-16(19)13-7-3-2-4-8-13/h2-4,7-8,12,14H,5-6,9-11,17H2,1H3. The van der Waals surface area contributed by atoms with Crippen molar-refractivity contribution >= 4 is 0 Å². The van der Waals surface area contributed by atoms with Gasteiger partial charge in [-0.3, -0.25) is 4.90 Å². The highest BCUT2D eigenvalue weighted by molar-refractivity contribution is 5.55. The molecule has 2 N–H and O–H groups in total. The van der Waals surface area contributed by atoms with Gasteiger partial charge in [0.2, 0.25) is 0 Å². The van der Waals surface area contributed by atoms with Crippen LogP contribution in [0.25, 0.3) is 11.4 Å². The Morgan fingerprint density at radius 1 is 1.20 bits per heavy atom. The van der Waals surface area contributed by atoms with E-state index in [0.29, 0.717) is 6.54 Å². The zero-order chi connectivity index (χ0) is 13.9. The molecule has 0 amide bonds. The fraction of sp³-hybridized carbons (Fsp3) is 0.438. The van der Waals surface area contributed by atoms with Gasteiger partial charge >= 0.3 is 0 Å². The quantitative estimate of drug-likeness (QED) is 0.926. The summed E-state index contributed by atoms with van der Waals surface area (Å²) in [5.74, 6) is 1.01. The van der Waals surface area contributed by atoms with Gasteiger partial charge in [0.05, 0.1) is 17.9 Å². The molecule has 0 bridgehead atoms. The van der Waals surface area contributed by atoms with E-state index in [2.05, 4.69) is 33.6 Å². The van der Waals surface area contributed by atoms with Gasteiger partial charge in [0.25, 0.3) is 0 Å². The van der Waals surface area contributed by atoms with Crippen molar-refractivity contribution in [1.29, 1.82) is 0 Å². The molecule has 1 atom stereocenters. The summed E-state index contributed by atoms with van der Waals surface area (Å²) >= 11 is 0. The van der Waals surface area contributed by atoms with Crippen molar-refractivity contribution in [2.24, 2.45) is 12.8 Å². The summed E-state index contributed by atoms with van der Waals surface area (Å²) < 4.78 is 2.19. The lowest BCUT2D eigenvalue weighted by molar-refractivity contribution is 0.243. The molecule has 0 aliphatic carbocycles. The fourth-order valence-electron chi connectivity index (χ4n) is 3.10. The van der Waals surface area contributed by atoms with Crippen molar-refractivity contribution in [3.63, 3.8) is 0 Å². The zero-order valence-electron chi connectivity index (χ0n) is 12.0. The second-order valence-electron chi connectivity index (χ2n) is 5.43. The predicted octanol–water partition coefficient (Wildman–Crippen LogP) is 2.18. The molecule has 1 saturated heterocycles. The average Bonchev–Trinajstić information content (AvgIpc) is 3.12. The topological polar surface area (TPSA) is 47.1 Å². The first-order valence-corrected chi connectivity index (χ1v) is 7.32. The molecule has 106 valence electrons. The Kier molecular flexibility index (Phi) is 3.85. The lowest BCUT2D eigenvalue weighted by Gasteiger charge is -2.26. The Hall–Kier alpha value is -1.65. The van der Waals surface area contributed by atoms with E-state index in [-0.39, 0.29) is 6.04 Å². The second-order valence-corrected chi connectivity index (χ2v) is 5.43. The van der Waals surface area contributed by atoms with E-state index in [1.54, 1.807) is 0 Å². The maximum absolute atomic E-state index is 6.02. The van der Waals surface area contributed by atoms with Crippen molar-refractivity contribution in [3.8, 4) is 11.4 Å². The van der Waals surface area contributed by atoms with Gasteiger partial charge in [0.1, 0.15) is 5.82 Å². The highest BCUT2D eigenvalue weighted by Gasteiger charge is 2.25. The van der Waals surface area contributed by atoms with Crippen LogP contribution in [0.5, 0.6) is 0 Å². The van der Waals surface area contributed by atoms with E-state index in [0.717, 1.165) is 24.5 Å². The van der Waals surface area contributed by atoms with Crippen molar-refractivity contribution in [1.82, 2.24) is 14.5 Å². The van der Waals surface area contributed by atoms with Crippen LogP contribution in [0.15, 0.2) is 36.5 Å². The number of aromatic nitrogens is 2. The normalized spacial score (nSPS) is 17.5. The summed E-state index contributed by atoms with van der Waals surface area (Å²) in [6, 6.07) is 10.6.